The molecule has 0 aliphatic heterocycles. The molecular weight excluding hydrogens is 691 g/mol. The van der Waals surface area contributed by atoms with Gasteiger partial charge in [-0.15, -0.1) is 0 Å². The van der Waals surface area contributed by atoms with Crippen molar-refractivity contribution < 1.29 is 43.1 Å². The van der Waals surface area contributed by atoms with Crippen LogP contribution in [0.3, 0.4) is 0 Å². The number of hydrogen-bond donors (Lipinski definition) is 4. The van der Waals surface area contributed by atoms with Crippen LogP contribution in [-0.4, -0.2) is 91.0 Å². The number of likely N-dealkylation sites (N-methyl/N-ethyl adjacent to an activating group) is 1. The quantitative estimate of drug-likeness (QED) is 0.0220. The van der Waals surface area contributed by atoms with Crippen molar-refractivity contribution in [3.8, 4) is 0 Å². The molecule has 0 radical (unpaired) electrons. The summed E-state index contributed by atoms with van der Waals surface area (Å²) in [6.45, 7) is 4.30. The average molecular weight is 769 g/mol. The van der Waals surface area contributed by atoms with Crippen molar-refractivity contribution in [2.75, 3.05) is 40.9 Å². The molecule has 0 spiro atoms. The molecule has 0 aliphatic carbocycles. The van der Waals surface area contributed by atoms with Gasteiger partial charge in [0.15, 0.2) is 0 Å². The van der Waals surface area contributed by atoms with E-state index in [1.165, 1.54) is 57.8 Å². The zero-order valence-electron chi connectivity index (χ0n) is 33.9. The first kappa shape index (κ1) is 51.1. The summed E-state index contributed by atoms with van der Waals surface area (Å²) in [7, 11) is 1.05. The zero-order valence-corrected chi connectivity index (χ0v) is 34.8. The summed E-state index contributed by atoms with van der Waals surface area (Å²) in [6, 6.07) is -1.04. The number of hydrogen-bond acceptors (Lipinski definition) is 8. The molecule has 5 atom stereocenters. The maximum atomic E-state index is 12.8. The minimum absolute atomic E-state index is 0.0167. The van der Waals surface area contributed by atoms with Gasteiger partial charge in [-0.3, -0.25) is 9.36 Å². The molecule has 4 N–H and O–H groups in total. The van der Waals surface area contributed by atoms with Gasteiger partial charge in [0, 0.05) is 6.42 Å². The van der Waals surface area contributed by atoms with E-state index >= 15 is 0 Å². The summed E-state index contributed by atoms with van der Waals surface area (Å²) in [6.07, 6.45) is 34.4. The van der Waals surface area contributed by atoms with E-state index < -0.39 is 44.7 Å². The summed E-state index contributed by atoms with van der Waals surface area (Å²) in [4.78, 5) is 25.2. The second-order valence-electron chi connectivity index (χ2n) is 14.9. The lowest BCUT2D eigenvalue weighted by atomic mass is 10.0. The summed E-state index contributed by atoms with van der Waals surface area (Å²) >= 11 is 0. The van der Waals surface area contributed by atoms with Crippen molar-refractivity contribution in [1.29, 1.82) is 0 Å². The van der Waals surface area contributed by atoms with E-state index in [0.29, 0.717) is 30.3 Å². The lowest BCUT2D eigenvalue weighted by Gasteiger charge is -2.29. The predicted octanol–water partition coefficient (Wildman–Crippen LogP) is 7.99. The van der Waals surface area contributed by atoms with Crippen LogP contribution in [0.2, 0.25) is 0 Å². The lowest BCUT2D eigenvalue weighted by Crippen LogP contribution is -2.46. The van der Waals surface area contributed by atoms with Gasteiger partial charge in [-0.1, -0.05) is 120 Å². The largest absolute Gasteiger partial charge is 0.756 e. The predicted molar refractivity (Wildman–Crippen MR) is 217 cm³/mol. The second-order valence-corrected chi connectivity index (χ2v) is 16.3. The van der Waals surface area contributed by atoms with Gasteiger partial charge in [0.2, 0.25) is 5.91 Å². The van der Waals surface area contributed by atoms with Crippen molar-refractivity contribution in [3.63, 3.8) is 0 Å². The van der Waals surface area contributed by atoms with Crippen LogP contribution in [0.4, 0.5) is 0 Å². The normalized spacial score (nSPS) is 16.3. The number of unbranched alkanes of at least 4 members (excludes halogenated alkanes) is 10. The first-order valence-electron chi connectivity index (χ1n) is 20.3. The highest BCUT2D eigenvalue weighted by atomic mass is 31.2. The lowest BCUT2D eigenvalue weighted by molar-refractivity contribution is -0.870. The molecule has 0 aliphatic rings. The highest BCUT2D eigenvalue weighted by Gasteiger charge is 2.23. The Hall–Kier alpha value is -1.88. The Labute approximate surface area is 323 Å². The number of quaternary nitrogens is 1. The number of aliphatic hydroxyl groups is 3. The summed E-state index contributed by atoms with van der Waals surface area (Å²) < 4.78 is 23.0. The third kappa shape index (κ3) is 34.4. The minimum Gasteiger partial charge on any atom is -0.756 e. The Balaban J connectivity index is 4.82. The summed E-state index contributed by atoms with van der Waals surface area (Å²) in [5.41, 5.74) is 0. The fourth-order valence-electron chi connectivity index (χ4n) is 5.21. The Bertz CT molecular complexity index is 1090. The molecule has 0 rings (SSSR count). The molecule has 0 saturated carbocycles. The molecule has 308 valence electrons. The van der Waals surface area contributed by atoms with Gasteiger partial charge < -0.3 is 39.1 Å². The molecule has 0 saturated heterocycles. The van der Waals surface area contributed by atoms with E-state index in [9.17, 15) is 29.6 Å². The van der Waals surface area contributed by atoms with Crippen LogP contribution in [0.15, 0.2) is 60.8 Å². The molecule has 10 nitrogen and oxygen atoms in total. The molecular formula is C42H77N2O8P. The van der Waals surface area contributed by atoms with E-state index in [1.54, 1.807) is 6.08 Å². The molecule has 0 aromatic rings. The monoisotopic (exact) mass is 769 g/mol. The van der Waals surface area contributed by atoms with E-state index in [0.717, 1.165) is 32.1 Å². The standard InChI is InChI=1S/C42H77N2O8P/c1-6-8-10-12-14-16-18-20-22-24-26-28-31-39(45)38(37-52-53(49,50)51-36-35-44(3,4)5)43-42(48)34-30-33-41(47)40(46)32-29-27-25-23-21-19-17-15-13-11-9-7-2/h15,17,20-23,27-29,31,38-41,45-47H,6-14,16,18-19,24-26,30,32-37H2,1-5H3,(H-,43,48,49,50)/b17-15-,22-20-,23-21-,29-27-,31-28+/t38-,39+,40?,41?/m0/s1. The third-order valence-electron chi connectivity index (χ3n) is 8.65. The third-order valence-corrected chi connectivity index (χ3v) is 9.61. The van der Waals surface area contributed by atoms with Gasteiger partial charge in [0.1, 0.15) is 13.2 Å². The van der Waals surface area contributed by atoms with Gasteiger partial charge in [0.25, 0.3) is 7.82 Å². The number of nitrogens with one attached hydrogen (secondary N) is 1. The first-order chi connectivity index (χ1) is 25.3. The number of carbonyl (C=O) groups excluding carboxylic acids is 1. The van der Waals surface area contributed by atoms with Crippen molar-refractivity contribution in [1.82, 2.24) is 5.32 Å². The fourth-order valence-corrected chi connectivity index (χ4v) is 5.93. The number of nitrogens with zero attached hydrogens (tertiary/aromatic N) is 1. The fraction of sp³-hybridized carbons (Fsp3) is 0.738. The molecule has 53 heavy (non-hydrogen) atoms. The summed E-state index contributed by atoms with van der Waals surface area (Å²) in [5.74, 6) is -0.431. The number of phosphoric ester groups is 1. The first-order valence-corrected chi connectivity index (χ1v) is 21.8. The summed E-state index contributed by atoms with van der Waals surface area (Å²) in [5, 5.41) is 34.3. The van der Waals surface area contributed by atoms with Crippen LogP contribution in [0.5, 0.6) is 0 Å². The molecule has 0 fully saturated rings. The molecule has 0 aromatic carbocycles. The number of phosphoric acid groups is 1. The maximum Gasteiger partial charge on any atom is 0.268 e. The van der Waals surface area contributed by atoms with Crippen LogP contribution in [0, 0.1) is 0 Å². The van der Waals surface area contributed by atoms with Crippen molar-refractivity contribution >= 4 is 13.7 Å². The highest BCUT2D eigenvalue weighted by Crippen LogP contribution is 2.38. The number of rotatable bonds is 35. The van der Waals surface area contributed by atoms with Crippen LogP contribution in [0.25, 0.3) is 0 Å². The molecule has 11 heteroatoms. The zero-order chi connectivity index (χ0) is 39.6. The van der Waals surface area contributed by atoms with Gasteiger partial charge in [0.05, 0.1) is 52.1 Å². The topological polar surface area (TPSA) is 148 Å². The molecule has 0 aromatic heterocycles. The van der Waals surface area contributed by atoms with Crippen LogP contribution < -0.4 is 10.2 Å². The number of carbonyl (C=O) groups is 1. The number of amides is 1. The van der Waals surface area contributed by atoms with E-state index in [4.69, 9.17) is 9.05 Å². The van der Waals surface area contributed by atoms with Gasteiger partial charge in [-0.2, -0.15) is 0 Å². The van der Waals surface area contributed by atoms with Gasteiger partial charge >= 0.3 is 0 Å². The number of aliphatic hydroxyl groups excluding tert-OH is 3. The minimum atomic E-state index is -4.67. The van der Waals surface area contributed by atoms with Crippen molar-refractivity contribution in [2.45, 2.75) is 160 Å². The molecule has 0 bridgehead atoms. The Morgan fingerprint density at radius 2 is 1.26 bits per heavy atom. The smallest absolute Gasteiger partial charge is 0.268 e. The van der Waals surface area contributed by atoms with Gasteiger partial charge in [-0.25, -0.2) is 0 Å². The van der Waals surface area contributed by atoms with Crippen molar-refractivity contribution in [2.24, 2.45) is 0 Å². The molecule has 1 amide bonds. The molecule has 0 heterocycles. The van der Waals surface area contributed by atoms with E-state index in [2.05, 4.69) is 55.6 Å². The Kier molecular flexibility index (Phi) is 32.3. The number of allylic oxidation sites excluding steroid dienone is 8. The van der Waals surface area contributed by atoms with Crippen LogP contribution in [-0.2, 0) is 18.4 Å². The van der Waals surface area contributed by atoms with E-state index in [-0.39, 0.29) is 19.4 Å². The van der Waals surface area contributed by atoms with Crippen LogP contribution in [0.1, 0.15) is 136 Å². The van der Waals surface area contributed by atoms with E-state index in [1.807, 2.05) is 39.4 Å². The SMILES string of the molecule is CCCCC/C=C\C/C=C\C/C=C\CC(O)C(O)CCCC(=O)N[C@@H](COP(=O)([O-])OCC[N+](C)(C)C)[C@H](O)/C=C/CC/C=C\CCCCCCCC. The highest BCUT2D eigenvalue weighted by molar-refractivity contribution is 7.45. The maximum absolute atomic E-state index is 12.8. The Morgan fingerprint density at radius 1 is 0.717 bits per heavy atom. The second kappa shape index (κ2) is 33.5. The molecule has 3 unspecified atom stereocenters. The van der Waals surface area contributed by atoms with Crippen molar-refractivity contribution in [3.05, 3.63) is 60.8 Å². The average Bonchev–Trinajstić information content (AvgIpc) is 3.10. The Morgan fingerprint density at radius 3 is 1.94 bits per heavy atom. The van der Waals surface area contributed by atoms with Crippen LogP contribution >= 0.6 is 7.82 Å². The van der Waals surface area contributed by atoms with Gasteiger partial charge in [-0.05, 0) is 70.6 Å².